The molecule has 18 heavy (non-hydrogen) atoms. The molecule has 0 bridgehead atoms. The maximum Gasteiger partial charge on any atom is 0.174 e. The van der Waals surface area contributed by atoms with Crippen molar-refractivity contribution in [3.05, 3.63) is 35.4 Å². The molecular formula is C12H14FN3S2. The van der Waals surface area contributed by atoms with Gasteiger partial charge in [0, 0.05) is 12.5 Å². The van der Waals surface area contributed by atoms with Crippen molar-refractivity contribution in [3.63, 3.8) is 0 Å². The molecule has 1 unspecified atom stereocenters. The molecule has 2 rings (SSSR count). The lowest BCUT2D eigenvalue weighted by atomic mass is 10.1. The molecule has 2 aromatic rings. The van der Waals surface area contributed by atoms with E-state index in [4.69, 9.17) is 5.73 Å². The van der Waals surface area contributed by atoms with Crippen LogP contribution in [-0.2, 0) is 6.42 Å². The van der Waals surface area contributed by atoms with Crippen LogP contribution < -0.4 is 5.73 Å². The second-order valence-electron chi connectivity index (χ2n) is 3.88. The topological polar surface area (TPSA) is 51.8 Å². The van der Waals surface area contributed by atoms with Gasteiger partial charge in [-0.25, -0.2) is 9.37 Å². The Labute approximate surface area is 114 Å². The molecule has 1 aromatic carbocycles. The highest BCUT2D eigenvalue weighted by atomic mass is 32.2. The van der Waals surface area contributed by atoms with Gasteiger partial charge in [0.25, 0.3) is 0 Å². The smallest absolute Gasteiger partial charge is 0.174 e. The van der Waals surface area contributed by atoms with E-state index < -0.39 is 0 Å². The molecular weight excluding hydrogens is 269 g/mol. The van der Waals surface area contributed by atoms with Crippen LogP contribution in [0.4, 0.5) is 4.39 Å². The average molecular weight is 283 g/mol. The molecule has 2 N–H and O–H groups in total. The molecule has 96 valence electrons. The number of rotatable bonds is 4. The third-order valence-corrected chi connectivity index (χ3v) is 4.37. The lowest BCUT2D eigenvalue weighted by Gasteiger charge is -2.11. The Morgan fingerprint density at radius 2 is 2.28 bits per heavy atom. The lowest BCUT2D eigenvalue weighted by molar-refractivity contribution is 0.591. The van der Waals surface area contributed by atoms with E-state index in [9.17, 15) is 4.39 Å². The van der Waals surface area contributed by atoms with Gasteiger partial charge in [-0.15, -0.1) is 0 Å². The van der Waals surface area contributed by atoms with Crippen molar-refractivity contribution in [1.29, 1.82) is 0 Å². The first kappa shape index (κ1) is 13.5. The number of halogens is 1. The summed E-state index contributed by atoms with van der Waals surface area (Å²) in [7, 11) is 0. The molecule has 0 aliphatic rings. The van der Waals surface area contributed by atoms with E-state index >= 15 is 0 Å². The van der Waals surface area contributed by atoms with Crippen molar-refractivity contribution < 1.29 is 4.39 Å². The summed E-state index contributed by atoms with van der Waals surface area (Å²) in [6, 6.07) is 4.76. The number of nitrogens with two attached hydrogens (primary N) is 1. The summed E-state index contributed by atoms with van der Waals surface area (Å²) in [5, 5.41) is 0. The molecule has 1 aromatic heterocycles. The van der Waals surface area contributed by atoms with Crippen LogP contribution in [0.15, 0.2) is 27.4 Å². The first-order valence-electron chi connectivity index (χ1n) is 5.66. The number of hydrogen-bond donors (Lipinski definition) is 1. The third-order valence-electron chi connectivity index (χ3n) is 2.44. The van der Waals surface area contributed by atoms with Gasteiger partial charge in [-0.3, -0.25) is 0 Å². The zero-order valence-corrected chi connectivity index (χ0v) is 11.8. The van der Waals surface area contributed by atoms with Gasteiger partial charge in [0.1, 0.15) is 11.6 Å². The summed E-state index contributed by atoms with van der Waals surface area (Å²) in [5.41, 5.74) is 6.66. The molecule has 1 heterocycles. The lowest BCUT2D eigenvalue weighted by Crippen LogP contribution is -2.07. The van der Waals surface area contributed by atoms with E-state index in [-0.39, 0.29) is 11.9 Å². The predicted molar refractivity (Wildman–Crippen MR) is 72.4 cm³/mol. The van der Waals surface area contributed by atoms with Crippen LogP contribution in [0, 0.1) is 5.82 Å². The SMILES string of the molecule is CCc1nsc(Sc2c(F)cccc2C(C)N)n1. The quantitative estimate of drug-likeness (QED) is 0.934. The first-order valence-corrected chi connectivity index (χ1v) is 7.25. The fourth-order valence-electron chi connectivity index (χ4n) is 1.50. The summed E-state index contributed by atoms with van der Waals surface area (Å²) in [6.07, 6.45) is 0.786. The minimum atomic E-state index is -0.261. The molecule has 0 saturated carbocycles. The predicted octanol–water partition coefficient (Wildman–Crippen LogP) is 3.41. The number of benzene rings is 1. The van der Waals surface area contributed by atoms with Gasteiger partial charge in [-0.2, -0.15) is 4.37 Å². The molecule has 3 nitrogen and oxygen atoms in total. The van der Waals surface area contributed by atoms with Gasteiger partial charge in [-0.1, -0.05) is 30.8 Å². The summed E-state index contributed by atoms with van der Waals surface area (Å²) in [4.78, 5) is 4.88. The monoisotopic (exact) mass is 283 g/mol. The fourth-order valence-corrected chi connectivity index (χ4v) is 3.38. The maximum atomic E-state index is 13.9. The molecule has 0 amide bonds. The van der Waals surface area contributed by atoms with Gasteiger partial charge in [-0.05, 0) is 30.1 Å². The number of aryl methyl sites for hydroxylation is 1. The van der Waals surface area contributed by atoms with Crippen molar-refractivity contribution in [1.82, 2.24) is 9.36 Å². The molecule has 6 heteroatoms. The minimum absolute atomic E-state index is 0.207. The second kappa shape index (κ2) is 5.77. The summed E-state index contributed by atoms with van der Waals surface area (Å²) < 4.78 is 18.8. The third kappa shape index (κ3) is 2.88. The van der Waals surface area contributed by atoms with Crippen molar-refractivity contribution >= 4 is 23.3 Å². The molecule has 0 spiro atoms. The Kier molecular flexibility index (Phi) is 4.31. The van der Waals surface area contributed by atoms with Gasteiger partial charge in [0.05, 0.1) is 4.90 Å². The Hall–Kier alpha value is -0.980. The molecule has 1 atom stereocenters. The number of nitrogens with zero attached hydrogens (tertiary/aromatic N) is 2. The Morgan fingerprint density at radius 3 is 2.89 bits per heavy atom. The summed E-state index contributed by atoms with van der Waals surface area (Å²) >= 11 is 2.59. The van der Waals surface area contributed by atoms with E-state index in [1.165, 1.54) is 29.4 Å². The highest BCUT2D eigenvalue weighted by Gasteiger charge is 2.15. The summed E-state index contributed by atoms with van der Waals surface area (Å²) in [5.74, 6) is 0.532. The highest BCUT2D eigenvalue weighted by Crippen LogP contribution is 2.35. The highest BCUT2D eigenvalue weighted by molar-refractivity contribution is 8.01. The van der Waals surface area contributed by atoms with Gasteiger partial charge in [0.2, 0.25) is 0 Å². The molecule has 0 aliphatic heterocycles. The van der Waals surface area contributed by atoms with E-state index in [2.05, 4.69) is 9.36 Å². The van der Waals surface area contributed by atoms with Crippen LogP contribution in [0.3, 0.4) is 0 Å². The van der Waals surface area contributed by atoms with Crippen LogP contribution in [0.2, 0.25) is 0 Å². The van der Waals surface area contributed by atoms with Crippen LogP contribution >= 0.6 is 23.3 Å². The van der Waals surface area contributed by atoms with Gasteiger partial charge < -0.3 is 5.73 Å². The van der Waals surface area contributed by atoms with E-state index in [0.717, 1.165) is 22.1 Å². The van der Waals surface area contributed by atoms with E-state index in [1.54, 1.807) is 6.07 Å². The first-order chi connectivity index (χ1) is 8.61. The Balaban J connectivity index is 2.33. The van der Waals surface area contributed by atoms with Crippen molar-refractivity contribution in [2.24, 2.45) is 5.73 Å². The van der Waals surface area contributed by atoms with E-state index in [1.807, 2.05) is 19.9 Å². The molecule has 0 radical (unpaired) electrons. The van der Waals surface area contributed by atoms with Gasteiger partial charge >= 0.3 is 0 Å². The van der Waals surface area contributed by atoms with Crippen LogP contribution in [0.25, 0.3) is 0 Å². The van der Waals surface area contributed by atoms with Gasteiger partial charge in [0.15, 0.2) is 4.34 Å². The zero-order chi connectivity index (χ0) is 13.1. The average Bonchev–Trinajstić information content (AvgIpc) is 2.79. The van der Waals surface area contributed by atoms with E-state index in [0.29, 0.717) is 4.90 Å². The van der Waals surface area contributed by atoms with Crippen molar-refractivity contribution in [2.45, 2.75) is 35.5 Å². The maximum absolute atomic E-state index is 13.9. The standard InChI is InChI=1S/C12H14FN3S2/c1-3-10-15-12(18-16-10)17-11-8(7(2)14)5-4-6-9(11)13/h4-7H,3,14H2,1-2H3. The second-order valence-corrected chi connectivity index (χ2v) is 5.89. The normalized spacial score (nSPS) is 12.7. The molecule has 0 saturated heterocycles. The zero-order valence-electron chi connectivity index (χ0n) is 10.2. The van der Waals surface area contributed by atoms with Crippen LogP contribution in [-0.4, -0.2) is 9.36 Å². The Bertz CT molecular complexity index is 540. The minimum Gasteiger partial charge on any atom is -0.324 e. The number of aromatic nitrogens is 2. The fraction of sp³-hybridized carbons (Fsp3) is 0.333. The van der Waals surface area contributed by atoms with Crippen molar-refractivity contribution in [3.8, 4) is 0 Å². The van der Waals surface area contributed by atoms with Crippen molar-refractivity contribution in [2.75, 3.05) is 0 Å². The molecule has 0 fully saturated rings. The Morgan fingerprint density at radius 1 is 1.50 bits per heavy atom. The van der Waals surface area contributed by atoms with Crippen LogP contribution in [0.5, 0.6) is 0 Å². The number of hydrogen-bond acceptors (Lipinski definition) is 5. The largest absolute Gasteiger partial charge is 0.324 e. The van der Waals surface area contributed by atoms with Crippen LogP contribution in [0.1, 0.15) is 31.3 Å². The summed E-state index contributed by atoms with van der Waals surface area (Å²) in [6.45, 7) is 3.84. The molecule has 0 aliphatic carbocycles.